The average molecular weight is 528 g/mol. The first-order valence-corrected chi connectivity index (χ1v) is 11.9. The number of aliphatic hydroxyl groups excluding tert-OH is 1. The lowest BCUT2D eigenvalue weighted by Gasteiger charge is -2.15. The molecule has 39 heavy (non-hydrogen) atoms. The van der Waals surface area contributed by atoms with Gasteiger partial charge in [0.1, 0.15) is 23.2 Å². The maximum absolute atomic E-state index is 13.7. The quantitative estimate of drug-likeness (QED) is 0.254. The third-order valence-corrected chi connectivity index (χ3v) is 6.21. The van der Waals surface area contributed by atoms with E-state index in [0.29, 0.717) is 23.4 Å². The number of nitrogens with one attached hydrogen (secondary N) is 3. The van der Waals surface area contributed by atoms with Gasteiger partial charge in [0.2, 0.25) is 5.91 Å². The van der Waals surface area contributed by atoms with Crippen LogP contribution in [-0.2, 0) is 4.79 Å². The second-order valence-corrected chi connectivity index (χ2v) is 8.90. The number of aromatic hydroxyl groups is 1. The van der Waals surface area contributed by atoms with Crippen molar-refractivity contribution in [1.29, 1.82) is 5.26 Å². The summed E-state index contributed by atoms with van der Waals surface area (Å²) in [7, 11) is 0. The van der Waals surface area contributed by atoms with Gasteiger partial charge in [-0.2, -0.15) is 5.26 Å². The first-order chi connectivity index (χ1) is 18.8. The zero-order chi connectivity index (χ0) is 27.5. The molecule has 2 aromatic carbocycles. The number of phenolic OH excluding ortho intramolecular Hbond substituents is 1. The highest BCUT2D eigenvalue weighted by molar-refractivity contribution is 6.03. The molecule has 1 saturated heterocycles. The van der Waals surface area contributed by atoms with Crippen molar-refractivity contribution in [1.82, 2.24) is 10.3 Å². The molecule has 3 heterocycles. The molecule has 0 saturated carbocycles. The third kappa shape index (κ3) is 5.47. The van der Waals surface area contributed by atoms with E-state index >= 15 is 0 Å². The van der Waals surface area contributed by atoms with Gasteiger partial charge in [0.15, 0.2) is 11.6 Å². The minimum Gasteiger partial charge on any atom is -0.507 e. The van der Waals surface area contributed by atoms with E-state index in [1.165, 1.54) is 30.5 Å². The highest BCUT2D eigenvalue weighted by Gasteiger charge is 2.28. The van der Waals surface area contributed by atoms with Crippen molar-refractivity contribution in [3.63, 3.8) is 0 Å². The molecule has 5 rings (SSSR count). The largest absolute Gasteiger partial charge is 0.507 e. The molecule has 11 heteroatoms. The molecule has 1 aliphatic rings. The van der Waals surface area contributed by atoms with Crippen molar-refractivity contribution in [3.05, 3.63) is 84.1 Å². The van der Waals surface area contributed by atoms with Crippen molar-refractivity contribution in [2.24, 2.45) is 0 Å². The molecular weight excluding hydrogens is 505 g/mol. The fourth-order valence-electron chi connectivity index (χ4n) is 4.32. The molecule has 1 fully saturated rings. The van der Waals surface area contributed by atoms with Gasteiger partial charge in [-0.25, -0.2) is 9.37 Å². The molecule has 0 radical (unpaired) electrons. The number of amides is 2. The molecule has 5 N–H and O–H groups in total. The average Bonchev–Trinajstić information content (AvgIpc) is 3.61. The minimum atomic E-state index is -0.650. The first kappa shape index (κ1) is 25.6. The summed E-state index contributed by atoms with van der Waals surface area (Å²) in [6, 6.07) is 16.2. The van der Waals surface area contributed by atoms with Crippen LogP contribution in [0.15, 0.2) is 71.3 Å². The predicted octanol–water partition coefficient (Wildman–Crippen LogP) is 3.64. The van der Waals surface area contributed by atoms with Crippen molar-refractivity contribution < 1.29 is 28.6 Å². The lowest BCUT2D eigenvalue weighted by Crippen LogP contribution is -2.35. The van der Waals surface area contributed by atoms with Gasteiger partial charge < -0.3 is 30.6 Å². The van der Waals surface area contributed by atoms with Crippen LogP contribution in [0.2, 0.25) is 0 Å². The molecule has 0 unspecified atom stereocenters. The molecule has 0 aliphatic carbocycles. The number of anilines is 2. The van der Waals surface area contributed by atoms with Gasteiger partial charge in [-0.3, -0.25) is 9.59 Å². The molecule has 2 atom stereocenters. The highest BCUT2D eigenvalue weighted by Crippen LogP contribution is 2.36. The van der Waals surface area contributed by atoms with Crippen LogP contribution in [0.25, 0.3) is 22.4 Å². The normalized spacial score (nSPS) is 16.4. The zero-order valence-corrected chi connectivity index (χ0v) is 20.3. The van der Waals surface area contributed by atoms with Crippen molar-refractivity contribution >= 4 is 23.3 Å². The number of halogens is 1. The number of rotatable bonds is 6. The summed E-state index contributed by atoms with van der Waals surface area (Å²) in [4.78, 5) is 29.8. The van der Waals surface area contributed by atoms with E-state index in [2.05, 4.69) is 27.0 Å². The zero-order valence-electron chi connectivity index (χ0n) is 20.3. The Morgan fingerprint density at radius 3 is 2.64 bits per heavy atom. The van der Waals surface area contributed by atoms with Crippen LogP contribution in [-0.4, -0.2) is 45.7 Å². The SMILES string of the molecule is N#Cc1c(-c2cccc(NC(=O)[C@@H]3C[C@@H](O)CN3)c2)cc(-c2ccc(F)cc2O)nc1NC(=O)c1ccco1. The Balaban J connectivity index is 1.58. The summed E-state index contributed by atoms with van der Waals surface area (Å²) in [6.45, 7) is 0.326. The van der Waals surface area contributed by atoms with Crippen molar-refractivity contribution in [2.45, 2.75) is 18.6 Å². The molecule has 2 aromatic heterocycles. The highest BCUT2D eigenvalue weighted by atomic mass is 19.1. The van der Waals surface area contributed by atoms with Gasteiger partial charge in [-0.1, -0.05) is 12.1 Å². The lowest BCUT2D eigenvalue weighted by atomic mass is 9.97. The number of pyridine rings is 1. The fourth-order valence-corrected chi connectivity index (χ4v) is 4.32. The molecule has 196 valence electrons. The number of β-amino-alcohol motifs (C(OH)–C–C–N with tert-alkyl or cyclic N) is 1. The monoisotopic (exact) mass is 527 g/mol. The second kappa shape index (κ2) is 10.7. The standard InChI is InChI=1S/C28H22FN5O5/c29-16-6-7-19(24(36)10-16)22-12-20(21(13-30)26(33-22)34-28(38)25-5-2-8-39-25)15-3-1-4-17(9-15)32-27(37)23-11-18(35)14-31-23/h1-10,12,18,23,31,35-36H,11,14H2,(H,32,37)(H,33,34,38)/t18-,23+/m1/s1. The Hall–Kier alpha value is -5.05. The van der Waals surface area contributed by atoms with Crippen LogP contribution < -0.4 is 16.0 Å². The number of nitriles is 1. The molecule has 0 bridgehead atoms. The summed E-state index contributed by atoms with van der Waals surface area (Å²) in [5.74, 6) is -2.11. The van der Waals surface area contributed by atoms with Crippen LogP contribution in [0, 0.1) is 17.1 Å². The number of phenols is 1. The van der Waals surface area contributed by atoms with Crippen molar-refractivity contribution in [3.8, 4) is 34.2 Å². The lowest BCUT2D eigenvalue weighted by molar-refractivity contribution is -0.117. The number of hydrogen-bond acceptors (Lipinski definition) is 8. The molecule has 10 nitrogen and oxygen atoms in total. The summed E-state index contributed by atoms with van der Waals surface area (Å²) in [5.41, 5.74) is 1.63. The smallest absolute Gasteiger partial charge is 0.292 e. The number of benzene rings is 2. The predicted molar refractivity (Wildman–Crippen MR) is 139 cm³/mol. The van der Waals surface area contributed by atoms with E-state index in [0.717, 1.165) is 12.1 Å². The number of aliphatic hydroxyl groups is 1. The fraction of sp³-hybridized carbons (Fsp3) is 0.143. The summed E-state index contributed by atoms with van der Waals surface area (Å²) >= 11 is 0. The molecule has 2 amide bonds. The Morgan fingerprint density at radius 2 is 1.95 bits per heavy atom. The minimum absolute atomic E-state index is 0.00683. The number of hydrogen-bond donors (Lipinski definition) is 5. The second-order valence-electron chi connectivity index (χ2n) is 8.90. The summed E-state index contributed by atoms with van der Waals surface area (Å²) in [5, 5.41) is 38.5. The van der Waals surface area contributed by atoms with Gasteiger partial charge in [0.05, 0.1) is 24.1 Å². The Bertz CT molecular complexity index is 1600. The van der Waals surface area contributed by atoms with E-state index in [9.17, 15) is 29.5 Å². The van der Waals surface area contributed by atoms with Crippen LogP contribution in [0.1, 0.15) is 22.5 Å². The van der Waals surface area contributed by atoms with Crippen molar-refractivity contribution in [2.75, 3.05) is 17.2 Å². The van der Waals surface area contributed by atoms with E-state index < -0.39 is 23.9 Å². The van der Waals surface area contributed by atoms with Crippen LogP contribution in [0.3, 0.4) is 0 Å². The van der Waals surface area contributed by atoms with Gasteiger partial charge in [0.25, 0.3) is 5.91 Å². The molecular formula is C28H22FN5O5. The molecule has 0 spiro atoms. The summed E-state index contributed by atoms with van der Waals surface area (Å²) in [6.07, 6.45) is 1.02. The summed E-state index contributed by atoms with van der Waals surface area (Å²) < 4.78 is 18.8. The first-order valence-electron chi connectivity index (χ1n) is 11.9. The molecule has 1 aliphatic heterocycles. The van der Waals surface area contributed by atoms with Gasteiger partial charge in [0, 0.05) is 29.4 Å². The van der Waals surface area contributed by atoms with E-state index in [1.807, 2.05) is 0 Å². The van der Waals surface area contributed by atoms with Gasteiger partial charge >= 0.3 is 0 Å². The number of furan rings is 1. The number of carbonyl (C=O) groups excluding carboxylic acids is 2. The van der Waals surface area contributed by atoms with Gasteiger partial charge in [-0.05, 0) is 54.4 Å². The Labute approximate surface area is 221 Å². The number of aromatic nitrogens is 1. The Morgan fingerprint density at radius 1 is 1.10 bits per heavy atom. The van der Waals surface area contributed by atoms with Crippen LogP contribution >= 0.6 is 0 Å². The van der Waals surface area contributed by atoms with E-state index in [4.69, 9.17) is 4.42 Å². The topological polar surface area (TPSA) is 161 Å². The number of carbonyl (C=O) groups is 2. The van der Waals surface area contributed by atoms with E-state index in [-0.39, 0.29) is 46.5 Å². The molecule has 4 aromatic rings. The maximum atomic E-state index is 13.7. The van der Waals surface area contributed by atoms with Crippen LogP contribution in [0.4, 0.5) is 15.9 Å². The van der Waals surface area contributed by atoms with E-state index in [1.54, 1.807) is 24.3 Å². The number of nitrogens with zero attached hydrogens (tertiary/aromatic N) is 2. The van der Waals surface area contributed by atoms with Crippen LogP contribution in [0.5, 0.6) is 5.75 Å². The van der Waals surface area contributed by atoms with Gasteiger partial charge in [-0.15, -0.1) is 0 Å². The third-order valence-electron chi connectivity index (χ3n) is 6.21. The maximum Gasteiger partial charge on any atom is 0.292 e. The Kier molecular flexibility index (Phi) is 7.05.